The van der Waals surface area contributed by atoms with Crippen molar-refractivity contribution in [3.8, 4) is 5.75 Å². The molecule has 2 saturated carbocycles. The summed E-state index contributed by atoms with van der Waals surface area (Å²) in [5, 5.41) is 0. The van der Waals surface area contributed by atoms with Crippen molar-refractivity contribution >= 4 is 6.29 Å². The minimum Gasteiger partial charge on any atom is -0.490 e. The molecule has 3 rings (SSSR count). The zero-order chi connectivity index (χ0) is 16.8. The molecule has 132 valence electrons. The van der Waals surface area contributed by atoms with Crippen LogP contribution in [0.15, 0.2) is 24.3 Å². The van der Waals surface area contributed by atoms with E-state index in [-0.39, 0.29) is 0 Å². The molecule has 1 aromatic carbocycles. The second kappa shape index (κ2) is 8.69. The van der Waals surface area contributed by atoms with Gasteiger partial charge in [-0.15, -0.1) is 0 Å². The van der Waals surface area contributed by atoms with Gasteiger partial charge in [-0.25, -0.2) is 0 Å². The molecule has 0 amide bonds. The zero-order valence-corrected chi connectivity index (χ0v) is 15.1. The first-order chi connectivity index (χ1) is 11.8. The molecule has 0 spiro atoms. The number of ether oxygens (including phenoxy) is 1. The maximum Gasteiger partial charge on any atom is 0.153 e. The minimum atomic E-state index is 0.290. The predicted molar refractivity (Wildman–Crippen MR) is 98.6 cm³/mol. The van der Waals surface area contributed by atoms with Crippen LogP contribution in [0.4, 0.5) is 0 Å². The maximum absolute atomic E-state index is 11.2. The molecule has 2 unspecified atom stereocenters. The van der Waals surface area contributed by atoms with Crippen LogP contribution in [0.2, 0.25) is 0 Å². The Kier molecular flexibility index (Phi) is 6.34. The minimum absolute atomic E-state index is 0.290. The molecular formula is C22H32O2. The highest BCUT2D eigenvalue weighted by Gasteiger charge is 2.32. The lowest BCUT2D eigenvalue weighted by atomic mass is 9.70. The highest BCUT2D eigenvalue weighted by molar-refractivity contribution is 5.79. The Morgan fingerprint density at radius 2 is 1.83 bits per heavy atom. The van der Waals surface area contributed by atoms with Gasteiger partial charge in [0.25, 0.3) is 0 Å². The van der Waals surface area contributed by atoms with E-state index < -0.39 is 0 Å². The summed E-state index contributed by atoms with van der Waals surface area (Å²) in [5.41, 5.74) is 0.680. The highest BCUT2D eigenvalue weighted by atomic mass is 16.5. The van der Waals surface area contributed by atoms with Crippen molar-refractivity contribution in [3.63, 3.8) is 0 Å². The van der Waals surface area contributed by atoms with Crippen LogP contribution in [0.1, 0.15) is 81.5 Å². The molecule has 0 saturated heterocycles. The van der Waals surface area contributed by atoms with Gasteiger partial charge in [0.1, 0.15) is 5.75 Å². The Morgan fingerprint density at radius 1 is 1.04 bits per heavy atom. The van der Waals surface area contributed by atoms with E-state index in [0.29, 0.717) is 11.7 Å². The van der Waals surface area contributed by atoms with Crippen LogP contribution in [-0.4, -0.2) is 12.4 Å². The van der Waals surface area contributed by atoms with Gasteiger partial charge in [-0.3, -0.25) is 4.79 Å². The molecule has 2 aliphatic carbocycles. The molecule has 2 aliphatic rings. The first kappa shape index (κ1) is 17.5. The summed E-state index contributed by atoms with van der Waals surface area (Å²) >= 11 is 0. The van der Waals surface area contributed by atoms with Crippen LogP contribution >= 0.6 is 0 Å². The number of hydrogen-bond acceptors (Lipinski definition) is 2. The van der Waals surface area contributed by atoms with Crippen LogP contribution in [0.25, 0.3) is 0 Å². The van der Waals surface area contributed by atoms with Crippen LogP contribution in [-0.2, 0) is 0 Å². The number of aldehydes is 1. The predicted octanol–water partition coefficient (Wildman–Crippen LogP) is 6.04. The van der Waals surface area contributed by atoms with Gasteiger partial charge in [0.15, 0.2) is 6.29 Å². The van der Waals surface area contributed by atoms with Gasteiger partial charge in [0, 0.05) is 0 Å². The number of carbonyl (C=O) groups excluding carboxylic acids is 1. The van der Waals surface area contributed by atoms with E-state index in [2.05, 4.69) is 6.92 Å². The lowest BCUT2D eigenvalue weighted by molar-refractivity contribution is 0.0786. The summed E-state index contributed by atoms with van der Waals surface area (Å²) in [6, 6.07) is 7.63. The third-order valence-electron chi connectivity index (χ3n) is 6.26. The van der Waals surface area contributed by atoms with Gasteiger partial charge < -0.3 is 4.74 Å². The fraction of sp³-hybridized carbons (Fsp3) is 0.682. The maximum atomic E-state index is 11.2. The SMILES string of the molecule is CCCC1CCC(C2CCCC(Oc3ccccc3C=O)C2)CC1. The number of para-hydroxylation sites is 1. The summed E-state index contributed by atoms with van der Waals surface area (Å²) in [6.07, 6.45) is 14.6. The molecule has 2 heteroatoms. The lowest BCUT2D eigenvalue weighted by Gasteiger charge is -2.38. The van der Waals surface area contributed by atoms with E-state index in [1.807, 2.05) is 24.3 Å². The number of carbonyl (C=O) groups is 1. The summed E-state index contributed by atoms with van der Waals surface area (Å²) in [5.74, 6) is 3.49. The third kappa shape index (κ3) is 4.40. The lowest BCUT2D eigenvalue weighted by Crippen LogP contribution is -2.31. The first-order valence-corrected chi connectivity index (χ1v) is 10.0. The highest BCUT2D eigenvalue weighted by Crippen LogP contribution is 2.41. The van der Waals surface area contributed by atoms with Crippen molar-refractivity contribution < 1.29 is 9.53 Å². The van der Waals surface area contributed by atoms with Crippen molar-refractivity contribution in [2.75, 3.05) is 0 Å². The first-order valence-electron chi connectivity index (χ1n) is 10.0. The molecule has 2 atom stereocenters. The molecule has 0 aromatic heterocycles. The smallest absolute Gasteiger partial charge is 0.153 e. The monoisotopic (exact) mass is 328 g/mol. The van der Waals surface area contributed by atoms with Crippen LogP contribution in [0, 0.1) is 17.8 Å². The average Bonchev–Trinajstić information content (AvgIpc) is 2.63. The Labute approximate surface area is 147 Å². The molecule has 0 bridgehead atoms. The topological polar surface area (TPSA) is 26.3 Å². The quantitative estimate of drug-likeness (QED) is 0.595. The van der Waals surface area contributed by atoms with E-state index in [4.69, 9.17) is 4.74 Å². The number of hydrogen-bond donors (Lipinski definition) is 0. The van der Waals surface area contributed by atoms with E-state index >= 15 is 0 Å². The van der Waals surface area contributed by atoms with Gasteiger partial charge in [-0.2, -0.15) is 0 Å². The summed E-state index contributed by atoms with van der Waals surface area (Å²) < 4.78 is 6.23. The zero-order valence-electron chi connectivity index (χ0n) is 15.1. The molecule has 0 aliphatic heterocycles. The van der Waals surface area contributed by atoms with Gasteiger partial charge in [-0.1, -0.05) is 44.7 Å². The molecule has 0 heterocycles. The molecule has 0 N–H and O–H groups in total. The van der Waals surface area contributed by atoms with Gasteiger partial charge >= 0.3 is 0 Å². The molecule has 2 nitrogen and oxygen atoms in total. The molecule has 1 aromatic rings. The van der Waals surface area contributed by atoms with E-state index in [0.717, 1.165) is 36.2 Å². The van der Waals surface area contributed by atoms with Crippen molar-refractivity contribution in [1.29, 1.82) is 0 Å². The van der Waals surface area contributed by atoms with Crippen LogP contribution < -0.4 is 4.74 Å². The fourth-order valence-electron chi connectivity index (χ4n) is 4.94. The fourth-order valence-corrected chi connectivity index (χ4v) is 4.94. The molecule has 0 radical (unpaired) electrons. The van der Waals surface area contributed by atoms with E-state index in [1.54, 1.807) is 0 Å². The summed E-state index contributed by atoms with van der Waals surface area (Å²) in [4.78, 5) is 11.2. The molecular weight excluding hydrogens is 296 g/mol. The van der Waals surface area contributed by atoms with E-state index in [9.17, 15) is 4.79 Å². The molecule has 24 heavy (non-hydrogen) atoms. The van der Waals surface area contributed by atoms with Crippen molar-refractivity contribution in [1.82, 2.24) is 0 Å². The second-order valence-electron chi connectivity index (χ2n) is 7.89. The van der Waals surface area contributed by atoms with Gasteiger partial charge in [-0.05, 0) is 68.4 Å². The molecule has 2 fully saturated rings. The summed E-state index contributed by atoms with van der Waals surface area (Å²) in [7, 11) is 0. The number of rotatable bonds is 6. The van der Waals surface area contributed by atoms with Gasteiger partial charge in [0.2, 0.25) is 0 Å². The Balaban J connectivity index is 1.54. The third-order valence-corrected chi connectivity index (χ3v) is 6.26. The van der Waals surface area contributed by atoms with Crippen LogP contribution in [0.5, 0.6) is 5.75 Å². The normalized spacial score (nSPS) is 30.7. The largest absolute Gasteiger partial charge is 0.490 e. The van der Waals surface area contributed by atoms with Crippen LogP contribution in [0.3, 0.4) is 0 Å². The summed E-state index contributed by atoms with van der Waals surface area (Å²) in [6.45, 7) is 2.31. The van der Waals surface area contributed by atoms with Gasteiger partial charge in [0.05, 0.1) is 11.7 Å². The Hall–Kier alpha value is -1.31. The Morgan fingerprint density at radius 3 is 2.58 bits per heavy atom. The average molecular weight is 328 g/mol. The van der Waals surface area contributed by atoms with Crippen molar-refractivity contribution in [2.45, 2.75) is 77.2 Å². The second-order valence-corrected chi connectivity index (χ2v) is 7.89. The number of benzene rings is 1. The Bertz CT molecular complexity index is 516. The standard InChI is InChI=1S/C22H32O2/c1-2-6-17-11-13-18(14-12-17)19-8-5-9-21(15-19)24-22-10-4-3-7-20(22)16-23/h3-4,7,10,16-19,21H,2,5-6,8-9,11-15H2,1H3. The van der Waals surface area contributed by atoms with Crippen molar-refractivity contribution in [2.24, 2.45) is 17.8 Å². The van der Waals surface area contributed by atoms with Crippen molar-refractivity contribution in [3.05, 3.63) is 29.8 Å². The van der Waals surface area contributed by atoms with E-state index in [1.165, 1.54) is 57.8 Å².